The molecule has 0 bridgehead atoms. The van der Waals surface area contributed by atoms with Gasteiger partial charge in [-0.15, -0.1) is 0 Å². The summed E-state index contributed by atoms with van der Waals surface area (Å²) in [6.07, 6.45) is 1.68. The Morgan fingerprint density at radius 2 is 2.22 bits per heavy atom. The lowest BCUT2D eigenvalue weighted by atomic mass is 10.2. The van der Waals surface area contributed by atoms with Crippen LogP contribution in [0.15, 0.2) is 41.0 Å². The van der Waals surface area contributed by atoms with E-state index < -0.39 is 0 Å². The van der Waals surface area contributed by atoms with Gasteiger partial charge in [0, 0.05) is 12.7 Å². The lowest BCUT2D eigenvalue weighted by Gasteiger charge is -2.10. The Balaban J connectivity index is 2.09. The standard InChI is InChI=1S/C13H13BrN2O2/c1-18-13-11(3-2-6-15-13)16-8-9-4-5-12(17)10(14)7-9/h2-7,16-17H,8H2,1H3. The van der Waals surface area contributed by atoms with Gasteiger partial charge in [0.2, 0.25) is 5.88 Å². The molecule has 0 saturated heterocycles. The molecule has 1 aromatic heterocycles. The summed E-state index contributed by atoms with van der Waals surface area (Å²) in [7, 11) is 1.59. The Kier molecular flexibility index (Phi) is 4.04. The van der Waals surface area contributed by atoms with Crippen LogP contribution in [0.3, 0.4) is 0 Å². The summed E-state index contributed by atoms with van der Waals surface area (Å²) in [5.41, 5.74) is 1.88. The highest BCUT2D eigenvalue weighted by Crippen LogP contribution is 2.25. The van der Waals surface area contributed by atoms with Crippen LogP contribution in [0.4, 0.5) is 5.69 Å². The van der Waals surface area contributed by atoms with Gasteiger partial charge < -0.3 is 15.2 Å². The first-order valence-corrected chi connectivity index (χ1v) is 6.20. The number of aromatic nitrogens is 1. The van der Waals surface area contributed by atoms with Gasteiger partial charge in [0.25, 0.3) is 0 Å². The van der Waals surface area contributed by atoms with Crippen LogP contribution in [0.5, 0.6) is 11.6 Å². The number of pyridine rings is 1. The Morgan fingerprint density at radius 1 is 1.39 bits per heavy atom. The van der Waals surface area contributed by atoms with Crippen molar-refractivity contribution in [3.63, 3.8) is 0 Å². The van der Waals surface area contributed by atoms with E-state index in [9.17, 15) is 5.11 Å². The number of anilines is 1. The van der Waals surface area contributed by atoms with Crippen LogP contribution in [-0.2, 0) is 6.54 Å². The monoisotopic (exact) mass is 308 g/mol. The van der Waals surface area contributed by atoms with E-state index in [0.717, 1.165) is 11.3 Å². The van der Waals surface area contributed by atoms with Crippen LogP contribution in [0.1, 0.15) is 5.56 Å². The number of hydrogen-bond acceptors (Lipinski definition) is 4. The third-order valence-electron chi connectivity index (χ3n) is 2.46. The number of ether oxygens (including phenoxy) is 1. The molecule has 0 aliphatic heterocycles. The quantitative estimate of drug-likeness (QED) is 0.911. The number of rotatable bonds is 4. The van der Waals surface area contributed by atoms with E-state index in [-0.39, 0.29) is 5.75 Å². The number of phenols is 1. The second-order valence-electron chi connectivity index (χ2n) is 3.70. The Labute approximate surface area is 114 Å². The highest BCUT2D eigenvalue weighted by Gasteiger charge is 2.03. The summed E-state index contributed by atoms with van der Waals surface area (Å²) >= 11 is 3.29. The fraction of sp³-hybridized carbons (Fsp3) is 0.154. The molecule has 0 saturated carbocycles. The van der Waals surface area contributed by atoms with Crippen molar-refractivity contribution in [1.82, 2.24) is 4.98 Å². The van der Waals surface area contributed by atoms with Crippen molar-refractivity contribution in [2.24, 2.45) is 0 Å². The highest BCUT2D eigenvalue weighted by molar-refractivity contribution is 9.10. The molecule has 0 unspecified atom stereocenters. The molecule has 4 nitrogen and oxygen atoms in total. The number of nitrogens with one attached hydrogen (secondary N) is 1. The molecule has 18 heavy (non-hydrogen) atoms. The number of hydrogen-bond donors (Lipinski definition) is 2. The average molecular weight is 309 g/mol. The normalized spacial score (nSPS) is 10.1. The molecule has 0 amide bonds. The summed E-state index contributed by atoms with van der Waals surface area (Å²) in [5, 5.41) is 12.7. The zero-order valence-corrected chi connectivity index (χ0v) is 11.4. The van der Waals surface area contributed by atoms with Gasteiger partial charge in [-0.05, 0) is 45.8 Å². The first kappa shape index (κ1) is 12.7. The van der Waals surface area contributed by atoms with Crippen molar-refractivity contribution in [2.45, 2.75) is 6.54 Å². The van der Waals surface area contributed by atoms with E-state index >= 15 is 0 Å². The number of methoxy groups -OCH3 is 1. The minimum absolute atomic E-state index is 0.234. The molecule has 5 heteroatoms. The van der Waals surface area contributed by atoms with Gasteiger partial charge >= 0.3 is 0 Å². The molecule has 0 fully saturated rings. The number of aromatic hydroxyl groups is 1. The lowest BCUT2D eigenvalue weighted by molar-refractivity contribution is 0.399. The van der Waals surface area contributed by atoms with E-state index in [0.29, 0.717) is 16.9 Å². The molecule has 2 N–H and O–H groups in total. The molecule has 1 heterocycles. The van der Waals surface area contributed by atoms with E-state index in [1.807, 2.05) is 24.3 Å². The maximum atomic E-state index is 9.41. The minimum Gasteiger partial charge on any atom is -0.507 e. The Hall–Kier alpha value is -1.75. The fourth-order valence-corrected chi connectivity index (χ4v) is 1.97. The zero-order chi connectivity index (χ0) is 13.0. The van der Waals surface area contributed by atoms with Crippen LogP contribution >= 0.6 is 15.9 Å². The van der Waals surface area contributed by atoms with Gasteiger partial charge in [0.15, 0.2) is 0 Å². The molecular formula is C13H13BrN2O2. The van der Waals surface area contributed by atoms with Crippen LogP contribution in [0, 0.1) is 0 Å². The second-order valence-corrected chi connectivity index (χ2v) is 4.55. The third-order valence-corrected chi connectivity index (χ3v) is 3.09. The fourth-order valence-electron chi connectivity index (χ4n) is 1.55. The average Bonchev–Trinajstić information content (AvgIpc) is 2.40. The first-order valence-electron chi connectivity index (χ1n) is 5.41. The predicted molar refractivity (Wildman–Crippen MR) is 73.9 cm³/mol. The highest BCUT2D eigenvalue weighted by atomic mass is 79.9. The maximum Gasteiger partial charge on any atom is 0.237 e. The molecule has 0 aliphatic rings. The smallest absolute Gasteiger partial charge is 0.237 e. The summed E-state index contributed by atoms with van der Waals surface area (Å²) in [6.45, 7) is 0.626. The summed E-state index contributed by atoms with van der Waals surface area (Å²) in [6, 6.07) is 9.13. The van der Waals surface area contributed by atoms with Crippen molar-refractivity contribution in [3.8, 4) is 11.6 Å². The van der Waals surface area contributed by atoms with E-state index in [1.165, 1.54) is 0 Å². The van der Waals surface area contributed by atoms with E-state index in [2.05, 4.69) is 26.2 Å². The van der Waals surface area contributed by atoms with Gasteiger partial charge in [-0.3, -0.25) is 0 Å². The predicted octanol–water partition coefficient (Wildman–Crippen LogP) is 3.17. The van der Waals surface area contributed by atoms with Gasteiger partial charge in [-0.25, -0.2) is 4.98 Å². The second kappa shape index (κ2) is 5.73. The number of halogens is 1. The van der Waals surface area contributed by atoms with E-state index in [4.69, 9.17) is 4.74 Å². The van der Waals surface area contributed by atoms with Crippen LogP contribution in [0.25, 0.3) is 0 Å². The summed E-state index contributed by atoms with van der Waals surface area (Å²) in [4.78, 5) is 4.11. The van der Waals surface area contributed by atoms with Crippen molar-refractivity contribution in [2.75, 3.05) is 12.4 Å². The van der Waals surface area contributed by atoms with Gasteiger partial charge in [-0.1, -0.05) is 6.07 Å². The number of nitrogens with zero attached hydrogens (tertiary/aromatic N) is 1. The van der Waals surface area contributed by atoms with Crippen LogP contribution in [-0.4, -0.2) is 17.2 Å². The Morgan fingerprint density at radius 3 is 2.94 bits per heavy atom. The molecule has 2 rings (SSSR count). The molecule has 0 spiro atoms. The van der Waals surface area contributed by atoms with Crippen molar-refractivity contribution >= 4 is 21.6 Å². The molecule has 0 aliphatic carbocycles. The van der Waals surface area contributed by atoms with Crippen molar-refractivity contribution in [3.05, 3.63) is 46.6 Å². The van der Waals surface area contributed by atoms with Gasteiger partial charge in [0.1, 0.15) is 5.75 Å². The van der Waals surface area contributed by atoms with Crippen molar-refractivity contribution in [1.29, 1.82) is 0 Å². The molecular weight excluding hydrogens is 296 g/mol. The van der Waals surface area contributed by atoms with Gasteiger partial charge in [-0.2, -0.15) is 0 Å². The molecule has 1 aromatic carbocycles. The van der Waals surface area contributed by atoms with Crippen LogP contribution < -0.4 is 10.1 Å². The topological polar surface area (TPSA) is 54.4 Å². The number of phenolic OH excluding ortho intramolecular Hbond substituents is 1. The Bertz CT molecular complexity index is 546. The first-order chi connectivity index (χ1) is 8.70. The van der Waals surface area contributed by atoms with Crippen LogP contribution in [0.2, 0.25) is 0 Å². The van der Waals surface area contributed by atoms with Gasteiger partial charge in [0.05, 0.1) is 17.3 Å². The zero-order valence-electron chi connectivity index (χ0n) is 9.85. The molecule has 0 radical (unpaired) electrons. The van der Waals surface area contributed by atoms with E-state index in [1.54, 1.807) is 19.4 Å². The van der Waals surface area contributed by atoms with Crippen molar-refractivity contribution < 1.29 is 9.84 Å². The summed E-state index contributed by atoms with van der Waals surface area (Å²) < 4.78 is 5.83. The largest absolute Gasteiger partial charge is 0.507 e. The summed E-state index contributed by atoms with van der Waals surface area (Å²) in [5.74, 6) is 0.799. The molecule has 2 aromatic rings. The number of benzene rings is 1. The maximum absolute atomic E-state index is 9.41. The molecule has 94 valence electrons. The molecule has 0 atom stereocenters. The lowest BCUT2D eigenvalue weighted by Crippen LogP contribution is -2.02. The minimum atomic E-state index is 0.234. The SMILES string of the molecule is COc1ncccc1NCc1ccc(O)c(Br)c1. The third kappa shape index (κ3) is 2.92.